The second kappa shape index (κ2) is 9.17. The number of amides is 1. The maximum atomic E-state index is 12.3. The molecule has 0 fully saturated rings. The van der Waals surface area contributed by atoms with Crippen LogP contribution in [0, 0.1) is 0 Å². The highest BCUT2D eigenvalue weighted by Gasteiger charge is 2.13. The van der Waals surface area contributed by atoms with E-state index in [2.05, 4.69) is 35.3 Å². The van der Waals surface area contributed by atoms with Gasteiger partial charge in [-0.1, -0.05) is 44.2 Å². The standard InChI is InChI=1S/C22H26N4O2/c1-4-16(2)20-7-5-6-8-21(20)28-13-22(27)25-17(3)18-9-11-19(12-10-18)26-15-23-14-24-26/h5-12,14-17H,4,13H2,1-3H3,(H,25,27). The fraction of sp³-hybridized carbons (Fsp3) is 0.318. The van der Waals surface area contributed by atoms with E-state index in [1.54, 1.807) is 11.0 Å². The molecule has 6 heteroatoms. The van der Waals surface area contributed by atoms with Crippen LogP contribution in [0.3, 0.4) is 0 Å². The maximum absolute atomic E-state index is 12.3. The summed E-state index contributed by atoms with van der Waals surface area (Å²) in [6.45, 7) is 6.25. The van der Waals surface area contributed by atoms with Crippen LogP contribution in [0.2, 0.25) is 0 Å². The predicted molar refractivity (Wildman–Crippen MR) is 109 cm³/mol. The minimum absolute atomic E-state index is 0.00513. The van der Waals surface area contributed by atoms with E-state index in [4.69, 9.17) is 4.74 Å². The summed E-state index contributed by atoms with van der Waals surface area (Å²) in [5.41, 5.74) is 3.07. The maximum Gasteiger partial charge on any atom is 0.258 e. The highest BCUT2D eigenvalue weighted by atomic mass is 16.5. The molecule has 3 rings (SSSR count). The first kappa shape index (κ1) is 19.6. The van der Waals surface area contributed by atoms with Crippen LogP contribution in [0.4, 0.5) is 0 Å². The number of para-hydroxylation sites is 1. The Morgan fingerprint density at radius 2 is 1.89 bits per heavy atom. The first-order chi connectivity index (χ1) is 13.6. The smallest absolute Gasteiger partial charge is 0.258 e. The van der Waals surface area contributed by atoms with Crippen molar-refractivity contribution in [2.24, 2.45) is 0 Å². The molecule has 1 heterocycles. The molecule has 0 aliphatic rings. The van der Waals surface area contributed by atoms with Gasteiger partial charge < -0.3 is 10.1 Å². The molecule has 1 aromatic heterocycles. The minimum atomic E-state index is -0.146. The molecule has 0 radical (unpaired) electrons. The van der Waals surface area contributed by atoms with Crippen LogP contribution in [0.15, 0.2) is 61.2 Å². The highest BCUT2D eigenvalue weighted by Crippen LogP contribution is 2.28. The second-order valence-electron chi connectivity index (χ2n) is 6.86. The van der Waals surface area contributed by atoms with Crippen LogP contribution in [0.5, 0.6) is 5.75 Å². The van der Waals surface area contributed by atoms with Gasteiger partial charge in [0.15, 0.2) is 6.61 Å². The summed E-state index contributed by atoms with van der Waals surface area (Å²) in [4.78, 5) is 16.3. The Hall–Kier alpha value is -3.15. The van der Waals surface area contributed by atoms with E-state index >= 15 is 0 Å². The molecule has 2 unspecified atom stereocenters. The van der Waals surface area contributed by atoms with Crippen molar-refractivity contribution in [2.75, 3.05) is 6.61 Å². The highest BCUT2D eigenvalue weighted by molar-refractivity contribution is 5.78. The molecule has 6 nitrogen and oxygen atoms in total. The molecule has 1 amide bonds. The Kier molecular flexibility index (Phi) is 6.42. The van der Waals surface area contributed by atoms with Gasteiger partial charge in [-0.25, -0.2) is 9.67 Å². The van der Waals surface area contributed by atoms with E-state index < -0.39 is 0 Å². The van der Waals surface area contributed by atoms with Crippen molar-refractivity contribution in [3.63, 3.8) is 0 Å². The Morgan fingerprint density at radius 3 is 2.57 bits per heavy atom. The van der Waals surface area contributed by atoms with Crippen LogP contribution in [0.25, 0.3) is 5.69 Å². The van der Waals surface area contributed by atoms with Crippen molar-refractivity contribution < 1.29 is 9.53 Å². The summed E-state index contributed by atoms with van der Waals surface area (Å²) in [6.07, 6.45) is 4.17. The number of hydrogen-bond donors (Lipinski definition) is 1. The summed E-state index contributed by atoms with van der Waals surface area (Å²) in [7, 11) is 0. The molecule has 0 saturated heterocycles. The first-order valence-electron chi connectivity index (χ1n) is 9.54. The number of nitrogens with zero attached hydrogens (tertiary/aromatic N) is 3. The molecular formula is C22H26N4O2. The topological polar surface area (TPSA) is 69.0 Å². The number of aromatic nitrogens is 3. The van der Waals surface area contributed by atoms with Crippen molar-refractivity contribution in [1.29, 1.82) is 0 Å². The third-order valence-corrected chi connectivity index (χ3v) is 4.87. The number of nitrogens with one attached hydrogen (secondary N) is 1. The third-order valence-electron chi connectivity index (χ3n) is 4.87. The summed E-state index contributed by atoms with van der Waals surface area (Å²) in [5, 5.41) is 7.09. The monoisotopic (exact) mass is 378 g/mol. The number of ether oxygens (including phenoxy) is 1. The molecule has 0 spiro atoms. The fourth-order valence-electron chi connectivity index (χ4n) is 3.01. The summed E-state index contributed by atoms with van der Waals surface area (Å²) in [5.74, 6) is 1.02. The van der Waals surface area contributed by atoms with Gasteiger partial charge in [0.1, 0.15) is 18.4 Å². The van der Waals surface area contributed by atoms with Crippen molar-refractivity contribution in [1.82, 2.24) is 20.1 Å². The largest absolute Gasteiger partial charge is 0.483 e. The quantitative estimate of drug-likeness (QED) is 0.642. The van der Waals surface area contributed by atoms with Crippen molar-refractivity contribution in [2.45, 2.75) is 39.2 Å². The van der Waals surface area contributed by atoms with E-state index in [0.717, 1.165) is 29.0 Å². The van der Waals surface area contributed by atoms with Gasteiger partial charge in [-0.2, -0.15) is 5.10 Å². The van der Waals surface area contributed by atoms with Crippen molar-refractivity contribution >= 4 is 5.91 Å². The average Bonchev–Trinajstić information content (AvgIpc) is 3.27. The summed E-state index contributed by atoms with van der Waals surface area (Å²) >= 11 is 0. The molecule has 146 valence electrons. The van der Waals surface area contributed by atoms with E-state index in [0.29, 0.717) is 5.92 Å². The van der Waals surface area contributed by atoms with Gasteiger partial charge in [0.2, 0.25) is 0 Å². The van der Waals surface area contributed by atoms with E-state index in [1.165, 1.54) is 6.33 Å². The fourth-order valence-corrected chi connectivity index (χ4v) is 3.01. The van der Waals surface area contributed by atoms with Gasteiger partial charge in [-0.3, -0.25) is 4.79 Å². The predicted octanol–water partition coefficient (Wildman–Crippen LogP) is 4.04. The molecule has 2 aromatic carbocycles. The first-order valence-corrected chi connectivity index (χ1v) is 9.54. The van der Waals surface area contributed by atoms with E-state index in [9.17, 15) is 4.79 Å². The van der Waals surface area contributed by atoms with E-state index in [1.807, 2.05) is 49.4 Å². The van der Waals surface area contributed by atoms with Crippen molar-refractivity contribution in [3.8, 4) is 11.4 Å². The lowest BCUT2D eigenvalue weighted by molar-refractivity contribution is -0.123. The van der Waals surface area contributed by atoms with Gasteiger partial charge >= 0.3 is 0 Å². The van der Waals surface area contributed by atoms with Crippen LogP contribution in [-0.4, -0.2) is 27.3 Å². The third kappa shape index (κ3) is 4.76. The second-order valence-corrected chi connectivity index (χ2v) is 6.86. The number of carbonyl (C=O) groups excluding carboxylic acids is 1. The molecule has 0 saturated carbocycles. The van der Waals surface area contributed by atoms with Gasteiger partial charge in [-0.05, 0) is 48.6 Å². The van der Waals surface area contributed by atoms with Gasteiger partial charge in [0.05, 0.1) is 11.7 Å². The van der Waals surface area contributed by atoms with Gasteiger partial charge in [0.25, 0.3) is 5.91 Å². The molecule has 2 atom stereocenters. The van der Waals surface area contributed by atoms with E-state index in [-0.39, 0.29) is 18.6 Å². The zero-order chi connectivity index (χ0) is 19.9. The Morgan fingerprint density at radius 1 is 1.14 bits per heavy atom. The number of benzene rings is 2. The lowest BCUT2D eigenvalue weighted by Crippen LogP contribution is -2.31. The lowest BCUT2D eigenvalue weighted by atomic mass is 9.98. The van der Waals surface area contributed by atoms with Gasteiger partial charge in [-0.15, -0.1) is 0 Å². The molecule has 1 N–H and O–H groups in total. The Balaban J connectivity index is 1.56. The van der Waals surface area contributed by atoms with Crippen LogP contribution < -0.4 is 10.1 Å². The SMILES string of the molecule is CCC(C)c1ccccc1OCC(=O)NC(C)c1ccc(-n2cncn2)cc1. The molecule has 0 aliphatic carbocycles. The summed E-state index contributed by atoms with van der Waals surface area (Å²) < 4.78 is 7.49. The van der Waals surface area contributed by atoms with Crippen LogP contribution in [0.1, 0.15) is 50.3 Å². The number of rotatable bonds is 8. The molecule has 3 aromatic rings. The zero-order valence-corrected chi connectivity index (χ0v) is 16.5. The van der Waals surface area contributed by atoms with Crippen LogP contribution in [-0.2, 0) is 4.79 Å². The van der Waals surface area contributed by atoms with Crippen LogP contribution >= 0.6 is 0 Å². The Bertz CT molecular complexity index is 891. The Labute approximate surface area is 165 Å². The minimum Gasteiger partial charge on any atom is -0.483 e. The number of hydrogen-bond acceptors (Lipinski definition) is 4. The lowest BCUT2D eigenvalue weighted by Gasteiger charge is -2.17. The van der Waals surface area contributed by atoms with Gasteiger partial charge in [0, 0.05) is 0 Å². The summed E-state index contributed by atoms with van der Waals surface area (Å²) in [6, 6.07) is 15.6. The zero-order valence-electron chi connectivity index (χ0n) is 16.5. The molecular weight excluding hydrogens is 352 g/mol. The number of carbonyl (C=O) groups is 1. The molecule has 28 heavy (non-hydrogen) atoms. The van der Waals surface area contributed by atoms with Crippen molar-refractivity contribution in [3.05, 3.63) is 72.3 Å². The normalized spacial score (nSPS) is 13.0. The average molecular weight is 378 g/mol. The molecule has 0 aliphatic heterocycles. The molecule has 0 bridgehead atoms.